The summed E-state index contributed by atoms with van der Waals surface area (Å²) in [5.74, 6) is -0.253. The average molecular weight is 281 g/mol. The van der Waals surface area contributed by atoms with Crippen molar-refractivity contribution in [2.24, 2.45) is 0 Å². The van der Waals surface area contributed by atoms with Gasteiger partial charge in [-0.05, 0) is 13.8 Å². The van der Waals surface area contributed by atoms with Gasteiger partial charge in [0, 0.05) is 23.7 Å². The van der Waals surface area contributed by atoms with Crippen molar-refractivity contribution in [3.8, 4) is 5.75 Å². The zero-order chi connectivity index (χ0) is 13.8. The molecule has 0 saturated carbocycles. The molecule has 1 heterocycles. The highest BCUT2D eigenvalue weighted by atomic mass is 32.1. The van der Waals surface area contributed by atoms with Crippen LogP contribution >= 0.6 is 11.3 Å². The SMILES string of the molecule is CC(C)Oc1cc(NCc2nccs2)c(N)cc1F. The molecule has 2 aromatic rings. The third-order valence-corrected chi connectivity index (χ3v) is 3.16. The first-order chi connectivity index (χ1) is 9.06. The first kappa shape index (κ1) is 13.6. The highest BCUT2D eigenvalue weighted by Gasteiger charge is 2.10. The van der Waals surface area contributed by atoms with Gasteiger partial charge in [-0.1, -0.05) is 0 Å². The van der Waals surface area contributed by atoms with E-state index in [2.05, 4.69) is 10.3 Å². The summed E-state index contributed by atoms with van der Waals surface area (Å²) in [6.07, 6.45) is 1.65. The highest BCUT2D eigenvalue weighted by molar-refractivity contribution is 7.09. The first-order valence-electron chi connectivity index (χ1n) is 5.94. The molecule has 0 atom stereocenters. The van der Waals surface area contributed by atoms with Crippen LogP contribution in [0.15, 0.2) is 23.7 Å². The van der Waals surface area contributed by atoms with E-state index in [1.165, 1.54) is 6.07 Å². The standard InChI is InChI=1S/C13H16FN3OS/c1-8(2)18-12-6-11(10(15)5-9(12)14)17-7-13-16-3-4-19-13/h3-6,8,17H,7,15H2,1-2H3. The molecule has 0 unspecified atom stereocenters. The van der Waals surface area contributed by atoms with E-state index in [1.54, 1.807) is 23.6 Å². The molecule has 102 valence electrons. The molecule has 6 heteroatoms. The van der Waals surface area contributed by atoms with Crippen LogP contribution in [-0.4, -0.2) is 11.1 Å². The van der Waals surface area contributed by atoms with Crippen LogP contribution in [0.3, 0.4) is 0 Å². The number of thiazole rings is 1. The van der Waals surface area contributed by atoms with Crippen LogP contribution in [-0.2, 0) is 6.54 Å². The number of ether oxygens (including phenoxy) is 1. The molecule has 0 aliphatic heterocycles. The van der Waals surface area contributed by atoms with E-state index in [0.717, 1.165) is 5.01 Å². The summed E-state index contributed by atoms with van der Waals surface area (Å²) in [5.41, 5.74) is 6.78. The second-order valence-electron chi connectivity index (χ2n) is 4.32. The van der Waals surface area contributed by atoms with Gasteiger partial charge in [0.2, 0.25) is 0 Å². The van der Waals surface area contributed by atoms with Crippen LogP contribution in [0.1, 0.15) is 18.9 Å². The zero-order valence-electron chi connectivity index (χ0n) is 10.8. The zero-order valence-corrected chi connectivity index (χ0v) is 11.6. The molecule has 19 heavy (non-hydrogen) atoms. The molecule has 0 fully saturated rings. The molecule has 1 aromatic carbocycles. The lowest BCUT2D eigenvalue weighted by Gasteiger charge is -2.14. The lowest BCUT2D eigenvalue weighted by molar-refractivity contribution is 0.231. The predicted molar refractivity (Wildman–Crippen MR) is 76.0 cm³/mol. The molecule has 3 N–H and O–H groups in total. The largest absolute Gasteiger partial charge is 0.488 e. The molecule has 1 aromatic heterocycles. The fraction of sp³-hybridized carbons (Fsp3) is 0.308. The minimum absolute atomic E-state index is 0.0927. The Kier molecular flexibility index (Phi) is 4.21. The van der Waals surface area contributed by atoms with Crippen LogP contribution in [0, 0.1) is 5.82 Å². The van der Waals surface area contributed by atoms with Crippen LogP contribution in [0.4, 0.5) is 15.8 Å². The van der Waals surface area contributed by atoms with Gasteiger partial charge in [-0.3, -0.25) is 0 Å². The van der Waals surface area contributed by atoms with E-state index >= 15 is 0 Å². The number of benzene rings is 1. The number of hydrogen-bond donors (Lipinski definition) is 2. The summed E-state index contributed by atoms with van der Waals surface area (Å²) in [6.45, 7) is 4.24. The van der Waals surface area contributed by atoms with Crippen molar-refractivity contribution in [3.05, 3.63) is 34.5 Å². The van der Waals surface area contributed by atoms with Crippen molar-refractivity contribution >= 4 is 22.7 Å². The van der Waals surface area contributed by atoms with Gasteiger partial charge >= 0.3 is 0 Å². The maximum atomic E-state index is 13.7. The number of rotatable bonds is 5. The van der Waals surface area contributed by atoms with E-state index in [9.17, 15) is 4.39 Å². The number of halogens is 1. The van der Waals surface area contributed by atoms with E-state index in [1.807, 2.05) is 19.2 Å². The Morgan fingerprint density at radius 1 is 1.47 bits per heavy atom. The molecule has 0 aliphatic carbocycles. The number of nitrogen functional groups attached to an aromatic ring is 1. The van der Waals surface area contributed by atoms with Gasteiger partial charge in [-0.25, -0.2) is 9.37 Å². The molecule has 0 radical (unpaired) electrons. The molecular weight excluding hydrogens is 265 g/mol. The number of hydrogen-bond acceptors (Lipinski definition) is 5. The van der Waals surface area contributed by atoms with Gasteiger partial charge in [0.25, 0.3) is 0 Å². The summed E-state index contributed by atoms with van der Waals surface area (Å²) in [4.78, 5) is 4.16. The first-order valence-corrected chi connectivity index (χ1v) is 6.82. The third-order valence-electron chi connectivity index (χ3n) is 2.38. The Hall–Kier alpha value is -1.82. The Balaban J connectivity index is 2.15. The van der Waals surface area contributed by atoms with Crippen LogP contribution in [0.5, 0.6) is 5.75 Å². The van der Waals surface area contributed by atoms with E-state index < -0.39 is 5.82 Å². The van der Waals surface area contributed by atoms with Gasteiger partial charge in [0.1, 0.15) is 5.01 Å². The maximum Gasteiger partial charge on any atom is 0.167 e. The lowest BCUT2D eigenvalue weighted by Crippen LogP contribution is -2.09. The topological polar surface area (TPSA) is 60.2 Å². The van der Waals surface area contributed by atoms with Gasteiger partial charge in [0.05, 0.1) is 24.0 Å². The second-order valence-corrected chi connectivity index (χ2v) is 5.29. The van der Waals surface area contributed by atoms with Gasteiger partial charge in [-0.2, -0.15) is 0 Å². The van der Waals surface area contributed by atoms with Gasteiger partial charge in [-0.15, -0.1) is 11.3 Å². The maximum absolute atomic E-state index is 13.7. The summed E-state index contributed by atoms with van der Waals surface area (Å²) in [5, 5.41) is 5.97. The smallest absolute Gasteiger partial charge is 0.167 e. The molecule has 0 aliphatic rings. The fourth-order valence-electron chi connectivity index (χ4n) is 1.58. The fourth-order valence-corrected chi connectivity index (χ4v) is 2.13. The summed E-state index contributed by atoms with van der Waals surface area (Å²) < 4.78 is 19.1. The van der Waals surface area contributed by atoms with Crippen molar-refractivity contribution in [1.82, 2.24) is 4.98 Å². The minimum atomic E-state index is -0.453. The van der Waals surface area contributed by atoms with Crippen LogP contribution in [0.2, 0.25) is 0 Å². The molecule has 0 saturated heterocycles. The molecule has 0 amide bonds. The van der Waals surface area contributed by atoms with E-state index in [4.69, 9.17) is 10.5 Å². The molecule has 4 nitrogen and oxygen atoms in total. The Bertz CT molecular complexity index is 543. The third kappa shape index (κ3) is 3.57. The lowest BCUT2D eigenvalue weighted by atomic mass is 10.2. The van der Waals surface area contributed by atoms with Crippen molar-refractivity contribution in [1.29, 1.82) is 0 Å². The number of nitrogens with zero attached hydrogens (tertiary/aromatic N) is 1. The van der Waals surface area contributed by atoms with Crippen molar-refractivity contribution in [3.63, 3.8) is 0 Å². The molecule has 0 bridgehead atoms. The summed E-state index contributed by atoms with van der Waals surface area (Å²) in [6, 6.07) is 2.85. The molecule has 0 spiro atoms. The number of anilines is 2. The summed E-state index contributed by atoms with van der Waals surface area (Å²) >= 11 is 1.55. The van der Waals surface area contributed by atoms with Gasteiger partial charge in [0.15, 0.2) is 11.6 Å². The van der Waals surface area contributed by atoms with Crippen LogP contribution < -0.4 is 15.8 Å². The monoisotopic (exact) mass is 281 g/mol. The Morgan fingerprint density at radius 3 is 2.89 bits per heavy atom. The highest BCUT2D eigenvalue weighted by Crippen LogP contribution is 2.29. The molecule has 2 rings (SSSR count). The second kappa shape index (κ2) is 5.88. The predicted octanol–water partition coefficient (Wildman–Crippen LogP) is 3.26. The number of nitrogens with one attached hydrogen (secondary N) is 1. The van der Waals surface area contributed by atoms with E-state index in [-0.39, 0.29) is 11.9 Å². The normalized spacial score (nSPS) is 10.7. The summed E-state index contributed by atoms with van der Waals surface area (Å²) in [7, 11) is 0. The Labute approximate surface area is 115 Å². The van der Waals surface area contributed by atoms with Crippen molar-refractivity contribution in [2.45, 2.75) is 26.5 Å². The Morgan fingerprint density at radius 2 is 2.26 bits per heavy atom. The number of aromatic nitrogens is 1. The van der Waals surface area contributed by atoms with E-state index in [0.29, 0.717) is 17.9 Å². The average Bonchev–Trinajstić information content (AvgIpc) is 2.83. The van der Waals surface area contributed by atoms with Crippen LogP contribution in [0.25, 0.3) is 0 Å². The van der Waals surface area contributed by atoms with Crippen molar-refractivity contribution in [2.75, 3.05) is 11.1 Å². The minimum Gasteiger partial charge on any atom is -0.488 e. The van der Waals surface area contributed by atoms with Gasteiger partial charge < -0.3 is 15.8 Å². The van der Waals surface area contributed by atoms with Crippen molar-refractivity contribution < 1.29 is 9.13 Å². The number of nitrogens with two attached hydrogens (primary N) is 1. The molecular formula is C13H16FN3OS. The quantitative estimate of drug-likeness (QED) is 0.826.